The molecular formula is C13H14BrN3O. The zero-order chi connectivity index (χ0) is 13.1. The van der Waals surface area contributed by atoms with E-state index in [1.807, 2.05) is 25.2 Å². The number of hydrogen-bond donors (Lipinski definition) is 1. The second-order valence-electron chi connectivity index (χ2n) is 4.43. The lowest BCUT2D eigenvalue weighted by Gasteiger charge is -2.31. The fourth-order valence-electron chi connectivity index (χ4n) is 2.11. The van der Waals surface area contributed by atoms with Crippen LogP contribution in [-0.2, 0) is 4.79 Å². The van der Waals surface area contributed by atoms with Gasteiger partial charge in [-0.3, -0.25) is 4.79 Å². The monoisotopic (exact) mass is 307 g/mol. The lowest BCUT2D eigenvalue weighted by molar-refractivity contribution is -0.132. The van der Waals surface area contributed by atoms with E-state index in [1.165, 1.54) is 0 Å². The fourth-order valence-corrected chi connectivity index (χ4v) is 2.56. The molecule has 1 amide bonds. The molecule has 1 N–H and O–H groups in total. The quantitative estimate of drug-likeness (QED) is 0.912. The van der Waals surface area contributed by atoms with Crippen molar-refractivity contribution in [2.75, 3.05) is 18.9 Å². The van der Waals surface area contributed by atoms with Crippen molar-refractivity contribution in [3.05, 3.63) is 28.2 Å². The van der Waals surface area contributed by atoms with Crippen LogP contribution in [0.2, 0.25) is 0 Å². The van der Waals surface area contributed by atoms with Crippen molar-refractivity contribution in [1.29, 1.82) is 5.26 Å². The van der Waals surface area contributed by atoms with Gasteiger partial charge in [0.25, 0.3) is 0 Å². The number of anilines is 1. The molecule has 0 spiro atoms. The number of carbonyl (C=O) groups excluding carboxylic acids is 1. The van der Waals surface area contributed by atoms with Gasteiger partial charge in [-0.2, -0.15) is 5.26 Å². The normalized spacial score (nSPS) is 19.5. The van der Waals surface area contributed by atoms with Gasteiger partial charge in [0.05, 0.1) is 11.3 Å². The van der Waals surface area contributed by atoms with Crippen LogP contribution >= 0.6 is 15.9 Å². The molecule has 1 aliphatic heterocycles. The van der Waals surface area contributed by atoms with Crippen LogP contribution in [0, 0.1) is 11.3 Å². The van der Waals surface area contributed by atoms with Crippen LogP contribution in [-0.4, -0.2) is 30.4 Å². The number of halogens is 1. The summed E-state index contributed by atoms with van der Waals surface area (Å²) < 4.78 is 0.787. The first-order valence-electron chi connectivity index (χ1n) is 5.81. The maximum Gasteiger partial charge on any atom is 0.222 e. The van der Waals surface area contributed by atoms with Gasteiger partial charge in [0.1, 0.15) is 6.07 Å². The third-order valence-corrected chi connectivity index (χ3v) is 3.77. The van der Waals surface area contributed by atoms with Crippen LogP contribution in [0.5, 0.6) is 0 Å². The average Bonchev–Trinajstić information content (AvgIpc) is 2.34. The van der Waals surface area contributed by atoms with E-state index in [9.17, 15) is 4.79 Å². The largest absolute Gasteiger partial charge is 0.379 e. The van der Waals surface area contributed by atoms with E-state index in [0.29, 0.717) is 18.5 Å². The first kappa shape index (κ1) is 12.9. The summed E-state index contributed by atoms with van der Waals surface area (Å²) >= 11 is 3.37. The molecule has 0 bridgehead atoms. The number of hydrogen-bond acceptors (Lipinski definition) is 3. The molecule has 94 valence electrons. The summed E-state index contributed by atoms with van der Waals surface area (Å²) in [6.45, 7) is 0.677. The summed E-state index contributed by atoms with van der Waals surface area (Å²) in [5, 5.41) is 12.5. The van der Waals surface area contributed by atoms with E-state index in [0.717, 1.165) is 16.6 Å². The Morgan fingerprint density at radius 1 is 1.56 bits per heavy atom. The molecule has 0 radical (unpaired) electrons. The Hall–Kier alpha value is -1.54. The molecular weight excluding hydrogens is 294 g/mol. The van der Waals surface area contributed by atoms with Crippen molar-refractivity contribution in [2.45, 2.75) is 18.9 Å². The number of rotatable bonds is 2. The summed E-state index contributed by atoms with van der Waals surface area (Å²) in [6.07, 6.45) is 1.37. The lowest BCUT2D eigenvalue weighted by atomic mass is 10.0. The maximum atomic E-state index is 11.4. The van der Waals surface area contributed by atoms with Gasteiger partial charge in [0.2, 0.25) is 5.91 Å². The van der Waals surface area contributed by atoms with E-state index in [4.69, 9.17) is 5.26 Å². The Morgan fingerprint density at radius 3 is 3.00 bits per heavy atom. The Kier molecular flexibility index (Phi) is 3.87. The Balaban J connectivity index is 2.13. The van der Waals surface area contributed by atoms with E-state index in [1.54, 1.807) is 4.90 Å². The van der Waals surface area contributed by atoms with Crippen LogP contribution < -0.4 is 5.32 Å². The number of benzene rings is 1. The smallest absolute Gasteiger partial charge is 0.222 e. The molecule has 5 heteroatoms. The number of nitrogens with one attached hydrogen (secondary N) is 1. The topological polar surface area (TPSA) is 56.1 Å². The second kappa shape index (κ2) is 5.40. The highest BCUT2D eigenvalue weighted by molar-refractivity contribution is 9.10. The first-order valence-corrected chi connectivity index (χ1v) is 6.60. The standard InChI is InChI=1S/C13H14BrN3O/c1-17-8-9(5-6-13(17)18)16-12-4-2-3-11(14)10(12)7-15/h2-4,9,16H,5-6,8H2,1H3. The van der Waals surface area contributed by atoms with Gasteiger partial charge in [0.15, 0.2) is 0 Å². The predicted molar refractivity (Wildman–Crippen MR) is 73.1 cm³/mol. The molecule has 18 heavy (non-hydrogen) atoms. The second-order valence-corrected chi connectivity index (χ2v) is 5.28. The summed E-state index contributed by atoms with van der Waals surface area (Å²) in [5.41, 5.74) is 1.43. The number of piperidine rings is 1. The van der Waals surface area contributed by atoms with Crippen LogP contribution in [0.3, 0.4) is 0 Å². The van der Waals surface area contributed by atoms with Crippen LogP contribution in [0.4, 0.5) is 5.69 Å². The molecule has 0 aromatic heterocycles. The number of amides is 1. The van der Waals surface area contributed by atoms with Crippen molar-refractivity contribution in [3.8, 4) is 6.07 Å². The van der Waals surface area contributed by atoms with E-state index < -0.39 is 0 Å². The van der Waals surface area contributed by atoms with E-state index >= 15 is 0 Å². The predicted octanol–water partition coefficient (Wildman–Crippen LogP) is 2.35. The molecule has 0 aliphatic carbocycles. The minimum absolute atomic E-state index is 0.183. The molecule has 2 rings (SSSR count). The summed E-state index contributed by atoms with van der Waals surface area (Å²) in [7, 11) is 1.81. The number of nitrogens with zero attached hydrogens (tertiary/aromatic N) is 2. The van der Waals surface area contributed by atoms with Gasteiger partial charge in [-0.05, 0) is 34.5 Å². The first-order chi connectivity index (χ1) is 8.61. The third-order valence-electron chi connectivity index (χ3n) is 3.11. The molecule has 1 aromatic rings. The molecule has 0 saturated carbocycles. The zero-order valence-electron chi connectivity index (χ0n) is 10.1. The third kappa shape index (κ3) is 2.65. The molecule has 1 heterocycles. The van der Waals surface area contributed by atoms with Gasteiger partial charge >= 0.3 is 0 Å². The zero-order valence-corrected chi connectivity index (χ0v) is 11.7. The van der Waals surface area contributed by atoms with E-state index in [-0.39, 0.29) is 11.9 Å². The Morgan fingerprint density at radius 2 is 2.33 bits per heavy atom. The van der Waals surface area contributed by atoms with Gasteiger partial charge in [-0.15, -0.1) is 0 Å². The lowest BCUT2D eigenvalue weighted by Crippen LogP contribution is -2.43. The maximum absolute atomic E-state index is 11.4. The summed E-state index contributed by atoms with van der Waals surface area (Å²) in [4.78, 5) is 13.1. The number of nitriles is 1. The number of carbonyl (C=O) groups is 1. The van der Waals surface area contributed by atoms with Crippen molar-refractivity contribution in [2.24, 2.45) is 0 Å². The van der Waals surface area contributed by atoms with Crippen molar-refractivity contribution in [3.63, 3.8) is 0 Å². The van der Waals surface area contributed by atoms with Crippen molar-refractivity contribution >= 4 is 27.5 Å². The van der Waals surface area contributed by atoms with Crippen molar-refractivity contribution in [1.82, 2.24) is 4.90 Å². The van der Waals surface area contributed by atoms with Gasteiger partial charge in [0, 0.05) is 30.5 Å². The van der Waals surface area contributed by atoms with Crippen LogP contribution in [0.1, 0.15) is 18.4 Å². The number of likely N-dealkylation sites (tertiary alicyclic amines) is 1. The van der Waals surface area contributed by atoms with Gasteiger partial charge < -0.3 is 10.2 Å². The molecule has 1 unspecified atom stereocenters. The highest BCUT2D eigenvalue weighted by atomic mass is 79.9. The SMILES string of the molecule is CN1CC(Nc2cccc(Br)c2C#N)CCC1=O. The molecule has 1 saturated heterocycles. The molecule has 1 aromatic carbocycles. The Bertz CT molecular complexity index is 509. The van der Waals surface area contributed by atoms with Crippen molar-refractivity contribution < 1.29 is 4.79 Å². The van der Waals surface area contributed by atoms with E-state index in [2.05, 4.69) is 27.3 Å². The van der Waals surface area contributed by atoms with Crippen LogP contribution in [0.25, 0.3) is 0 Å². The number of likely N-dealkylation sites (N-methyl/N-ethyl adjacent to an activating group) is 1. The van der Waals surface area contributed by atoms with Gasteiger partial charge in [-0.25, -0.2) is 0 Å². The van der Waals surface area contributed by atoms with Gasteiger partial charge in [-0.1, -0.05) is 6.07 Å². The average molecular weight is 308 g/mol. The van der Waals surface area contributed by atoms with Crippen LogP contribution in [0.15, 0.2) is 22.7 Å². The molecule has 1 fully saturated rings. The molecule has 4 nitrogen and oxygen atoms in total. The minimum Gasteiger partial charge on any atom is -0.379 e. The molecule has 1 atom stereocenters. The Labute approximate surface area is 115 Å². The minimum atomic E-state index is 0.183. The fraction of sp³-hybridized carbons (Fsp3) is 0.385. The highest BCUT2D eigenvalue weighted by Gasteiger charge is 2.23. The highest BCUT2D eigenvalue weighted by Crippen LogP contribution is 2.25. The molecule has 1 aliphatic rings. The summed E-state index contributed by atoms with van der Waals surface area (Å²) in [6, 6.07) is 8.02. The summed E-state index contributed by atoms with van der Waals surface area (Å²) in [5.74, 6) is 0.183.